The van der Waals surface area contributed by atoms with Gasteiger partial charge in [-0.15, -0.1) is 0 Å². The first-order valence-electron chi connectivity index (χ1n) is 8.45. The van der Waals surface area contributed by atoms with Crippen LogP contribution in [0.15, 0.2) is 67.3 Å². The number of carbonyl (C=O) groups is 1. The third-order valence-electron chi connectivity index (χ3n) is 4.63. The molecule has 0 fully saturated rings. The number of hydrogen-bond donors (Lipinski definition) is 1. The monoisotopic (exact) mass is 332 g/mol. The standard InChI is InChI=1S/C20H20N4O/c1-15-12-16-6-2-5-9-19(16)24(15)20(25)22-13-17-7-3-4-8-18(17)23-11-10-21-14-23/h2-11,14-15H,12-13H2,1H3,(H,22,25). The third-order valence-corrected chi connectivity index (χ3v) is 4.63. The van der Waals surface area contributed by atoms with E-state index < -0.39 is 0 Å². The zero-order valence-electron chi connectivity index (χ0n) is 14.1. The molecule has 5 heteroatoms. The number of imidazole rings is 1. The predicted molar refractivity (Wildman–Crippen MR) is 97.9 cm³/mol. The Balaban J connectivity index is 1.52. The van der Waals surface area contributed by atoms with Crippen molar-refractivity contribution in [3.63, 3.8) is 0 Å². The van der Waals surface area contributed by atoms with E-state index in [1.807, 2.05) is 58.1 Å². The Bertz CT molecular complexity index is 888. The van der Waals surface area contributed by atoms with Gasteiger partial charge in [0.15, 0.2) is 0 Å². The van der Waals surface area contributed by atoms with Gasteiger partial charge in [-0.1, -0.05) is 36.4 Å². The Hall–Kier alpha value is -3.08. The number of fused-ring (bicyclic) bond motifs is 1. The number of nitrogens with one attached hydrogen (secondary N) is 1. The average molecular weight is 332 g/mol. The van der Waals surface area contributed by atoms with Gasteiger partial charge in [-0.05, 0) is 36.6 Å². The Morgan fingerprint density at radius 2 is 1.92 bits per heavy atom. The van der Waals surface area contributed by atoms with Gasteiger partial charge in [-0.3, -0.25) is 4.90 Å². The molecule has 3 aromatic rings. The van der Waals surface area contributed by atoms with Crippen LogP contribution >= 0.6 is 0 Å². The summed E-state index contributed by atoms with van der Waals surface area (Å²) in [4.78, 5) is 18.7. The summed E-state index contributed by atoms with van der Waals surface area (Å²) in [5.41, 5.74) is 4.31. The Morgan fingerprint density at radius 1 is 1.16 bits per heavy atom. The van der Waals surface area contributed by atoms with Gasteiger partial charge in [0.05, 0.1) is 12.0 Å². The first kappa shape index (κ1) is 15.4. The number of rotatable bonds is 3. The van der Waals surface area contributed by atoms with Crippen LogP contribution in [0, 0.1) is 0 Å². The highest BCUT2D eigenvalue weighted by molar-refractivity contribution is 5.94. The molecular formula is C20H20N4O. The van der Waals surface area contributed by atoms with Crippen molar-refractivity contribution < 1.29 is 4.79 Å². The van der Waals surface area contributed by atoms with E-state index in [1.165, 1.54) is 5.56 Å². The molecule has 0 spiro atoms. The second-order valence-electron chi connectivity index (χ2n) is 6.31. The molecule has 0 aliphatic carbocycles. The predicted octanol–water partition coefficient (Wildman–Crippen LogP) is 3.53. The van der Waals surface area contributed by atoms with Crippen LogP contribution in [0.3, 0.4) is 0 Å². The van der Waals surface area contributed by atoms with E-state index in [1.54, 1.807) is 12.5 Å². The molecule has 2 aromatic carbocycles. The van der Waals surface area contributed by atoms with Crippen LogP contribution in [-0.2, 0) is 13.0 Å². The van der Waals surface area contributed by atoms with Gasteiger partial charge in [-0.2, -0.15) is 0 Å². The molecular weight excluding hydrogens is 312 g/mol. The Kier molecular flexibility index (Phi) is 3.98. The Morgan fingerprint density at radius 3 is 2.72 bits per heavy atom. The quantitative estimate of drug-likeness (QED) is 0.797. The molecule has 25 heavy (non-hydrogen) atoms. The van der Waals surface area contributed by atoms with Crippen molar-refractivity contribution in [3.05, 3.63) is 78.4 Å². The average Bonchev–Trinajstić information content (AvgIpc) is 3.27. The largest absolute Gasteiger partial charge is 0.334 e. The third kappa shape index (κ3) is 2.89. The molecule has 2 heterocycles. The van der Waals surface area contributed by atoms with Crippen LogP contribution in [0.25, 0.3) is 5.69 Å². The summed E-state index contributed by atoms with van der Waals surface area (Å²) in [5.74, 6) is 0. The maximum atomic E-state index is 12.8. The lowest BCUT2D eigenvalue weighted by atomic mass is 10.1. The number of anilines is 1. The number of benzene rings is 2. The van der Waals surface area contributed by atoms with Gasteiger partial charge in [0.25, 0.3) is 0 Å². The van der Waals surface area contributed by atoms with E-state index in [0.717, 1.165) is 23.4 Å². The molecule has 1 unspecified atom stereocenters. The number of para-hydroxylation sites is 2. The maximum absolute atomic E-state index is 12.8. The van der Waals surface area contributed by atoms with Crippen LogP contribution < -0.4 is 10.2 Å². The molecule has 2 amide bonds. The van der Waals surface area contributed by atoms with Gasteiger partial charge in [0.1, 0.15) is 0 Å². The summed E-state index contributed by atoms with van der Waals surface area (Å²) in [6, 6.07) is 16.2. The minimum atomic E-state index is -0.0575. The van der Waals surface area contributed by atoms with Gasteiger partial charge in [0.2, 0.25) is 0 Å². The molecule has 0 radical (unpaired) electrons. The summed E-state index contributed by atoms with van der Waals surface area (Å²) >= 11 is 0. The van der Waals surface area contributed by atoms with E-state index in [-0.39, 0.29) is 12.1 Å². The summed E-state index contributed by atoms with van der Waals surface area (Å²) in [5, 5.41) is 3.07. The lowest BCUT2D eigenvalue weighted by molar-refractivity contribution is 0.244. The SMILES string of the molecule is CC1Cc2ccccc2N1C(=O)NCc1ccccc1-n1ccnc1. The van der Waals surface area contributed by atoms with Crippen LogP contribution in [0.5, 0.6) is 0 Å². The zero-order chi connectivity index (χ0) is 17.2. The smallest absolute Gasteiger partial charge is 0.322 e. The highest BCUT2D eigenvalue weighted by atomic mass is 16.2. The molecule has 1 aliphatic heterocycles. The fraction of sp³-hybridized carbons (Fsp3) is 0.200. The van der Waals surface area contributed by atoms with Crippen molar-refractivity contribution in [2.24, 2.45) is 0 Å². The Labute approximate surface area is 146 Å². The first-order valence-corrected chi connectivity index (χ1v) is 8.45. The second-order valence-corrected chi connectivity index (χ2v) is 6.31. The van der Waals surface area contributed by atoms with Crippen molar-refractivity contribution in [1.82, 2.24) is 14.9 Å². The molecule has 1 aliphatic rings. The van der Waals surface area contributed by atoms with E-state index in [9.17, 15) is 4.79 Å². The van der Waals surface area contributed by atoms with Crippen molar-refractivity contribution in [2.75, 3.05) is 4.90 Å². The van der Waals surface area contributed by atoms with Crippen molar-refractivity contribution in [1.29, 1.82) is 0 Å². The lowest BCUT2D eigenvalue weighted by Gasteiger charge is -2.23. The normalized spacial score (nSPS) is 15.9. The highest BCUT2D eigenvalue weighted by Crippen LogP contribution is 2.31. The van der Waals surface area contributed by atoms with Crippen molar-refractivity contribution in [3.8, 4) is 5.69 Å². The molecule has 4 rings (SSSR count). The molecule has 0 saturated heterocycles. The zero-order valence-corrected chi connectivity index (χ0v) is 14.1. The topological polar surface area (TPSA) is 50.2 Å². The van der Waals surface area contributed by atoms with E-state index >= 15 is 0 Å². The summed E-state index contributed by atoms with van der Waals surface area (Å²) in [7, 11) is 0. The molecule has 1 aromatic heterocycles. The van der Waals surface area contributed by atoms with Crippen LogP contribution in [-0.4, -0.2) is 21.6 Å². The van der Waals surface area contributed by atoms with Crippen LogP contribution in [0.2, 0.25) is 0 Å². The van der Waals surface area contributed by atoms with E-state index in [2.05, 4.69) is 23.3 Å². The van der Waals surface area contributed by atoms with Crippen LogP contribution in [0.1, 0.15) is 18.1 Å². The number of aromatic nitrogens is 2. The summed E-state index contributed by atoms with van der Waals surface area (Å²) in [6.45, 7) is 2.55. The fourth-order valence-corrected chi connectivity index (χ4v) is 3.44. The maximum Gasteiger partial charge on any atom is 0.322 e. The molecule has 5 nitrogen and oxygen atoms in total. The minimum absolute atomic E-state index is 0.0575. The van der Waals surface area contributed by atoms with E-state index in [0.29, 0.717) is 6.54 Å². The van der Waals surface area contributed by atoms with Crippen molar-refractivity contribution >= 4 is 11.7 Å². The number of amides is 2. The number of carbonyl (C=O) groups excluding carboxylic acids is 1. The van der Waals surface area contributed by atoms with Gasteiger partial charge >= 0.3 is 6.03 Å². The van der Waals surface area contributed by atoms with Crippen molar-refractivity contribution in [2.45, 2.75) is 25.9 Å². The molecule has 1 N–H and O–H groups in total. The van der Waals surface area contributed by atoms with Gasteiger partial charge in [-0.25, -0.2) is 9.78 Å². The molecule has 126 valence electrons. The van der Waals surface area contributed by atoms with Crippen LogP contribution in [0.4, 0.5) is 10.5 Å². The van der Waals surface area contributed by atoms with Gasteiger partial charge < -0.3 is 9.88 Å². The second kappa shape index (κ2) is 6.43. The summed E-state index contributed by atoms with van der Waals surface area (Å²) in [6.07, 6.45) is 6.31. The number of urea groups is 1. The fourth-order valence-electron chi connectivity index (χ4n) is 3.44. The summed E-state index contributed by atoms with van der Waals surface area (Å²) < 4.78 is 1.95. The highest BCUT2D eigenvalue weighted by Gasteiger charge is 2.30. The molecule has 1 atom stereocenters. The van der Waals surface area contributed by atoms with E-state index in [4.69, 9.17) is 0 Å². The minimum Gasteiger partial charge on any atom is -0.334 e. The number of nitrogens with zero attached hydrogens (tertiary/aromatic N) is 3. The molecule has 0 bridgehead atoms. The lowest BCUT2D eigenvalue weighted by Crippen LogP contribution is -2.43. The first-order chi connectivity index (χ1) is 12.2. The van der Waals surface area contributed by atoms with Gasteiger partial charge in [0, 0.05) is 30.7 Å². The molecule has 0 saturated carbocycles. The number of hydrogen-bond acceptors (Lipinski definition) is 2.